The Morgan fingerprint density at radius 1 is 1.67 bits per heavy atom. The minimum absolute atomic E-state index is 0.391. The molecule has 0 saturated heterocycles. The second kappa shape index (κ2) is 4.82. The lowest BCUT2D eigenvalue weighted by Crippen LogP contribution is -2.22. The van der Waals surface area contributed by atoms with E-state index in [9.17, 15) is 13.2 Å². The van der Waals surface area contributed by atoms with Crippen LogP contribution in [0.5, 0.6) is 0 Å². The van der Waals surface area contributed by atoms with Gasteiger partial charge < -0.3 is 10.9 Å². The number of alkyl halides is 3. The lowest BCUT2D eigenvalue weighted by Gasteiger charge is -1.93. The van der Waals surface area contributed by atoms with Gasteiger partial charge in [0.25, 0.3) is 0 Å². The van der Waals surface area contributed by atoms with Crippen molar-refractivity contribution in [3.63, 3.8) is 0 Å². The number of rotatable bonds is 0. The summed E-state index contributed by atoms with van der Waals surface area (Å²) < 4.78 is 33.1. The molecule has 0 radical (unpaired) electrons. The summed E-state index contributed by atoms with van der Waals surface area (Å²) in [5.74, 6) is 2.58. The van der Waals surface area contributed by atoms with Gasteiger partial charge in [0.1, 0.15) is 0 Å². The molecule has 9 heteroatoms. The summed E-state index contributed by atoms with van der Waals surface area (Å²) in [5.41, 5.74) is 0.931. The van der Waals surface area contributed by atoms with Crippen LogP contribution in [-0.4, -0.2) is 21.9 Å². The van der Waals surface area contributed by atoms with Gasteiger partial charge in [0.15, 0.2) is 0 Å². The summed E-state index contributed by atoms with van der Waals surface area (Å²) in [6.45, 7) is 1.87. The first-order valence-corrected chi connectivity index (χ1v) is 4.31. The number of carboxylic acid groups (broad SMARTS) is 1. The van der Waals surface area contributed by atoms with Crippen molar-refractivity contribution in [2.45, 2.75) is 13.1 Å². The average molecular weight is 243 g/mol. The van der Waals surface area contributed by atoms with E-state index in [-0.39, 0.29) is 0 Å². The van der Waals surface area contributed by atoms with Crippen molar-refractivity contribution in [3.8, 4) is 0 Å². The fourth-order valence-electron chi connectivity index (χ4n) is 0.415. The van der Waals surface area contributed by atoms with Crippen LogP contribution in [0.1, 0.15) is 5.69 Å². The molecule has 0 aliphatic carbocycles. The minimum atomic E-state index is -5.08. The van der Waals surface area contributed by atoms with E-state index in [1.807, 2.05) is 12.3 Å². The van der Waals surface area contributed by atoms with E-state index >= 15 is 0 Å². The molecule has 4 N–H and O–H groups in total. The number of aromatic nitrogens is 1. The van der Waals surface area contributed by atoms with Gasteiger partial charge in [-0.05, 0) is 6.92 Å². The summed E-state index contributed by atoms with van der Waals surface area (Å²) in [6.07, 6.45) is -5.08. The summed E-state index contributed by atoms with van der Waals surface area (Å²) in [4.78, 5) is 9.29. The highest BCUT2D eigenvalue weighted by Gasteiger charge is 2.38. The van der Waals surface area contributed by atoms with Crippen molar-refractivity contribution in [1.29, 1.82) is 5.41 Å². The van der Waals surface area contributed by atoms with Gasteiger partial charge in [-0.2, -0.15) is 13.2 Å². The number of thiazole rings is 1. The molecule has 0 unspecified atom stereocenters. The van der Waals surface area contributed by atoms with E-state index in [2.05, 4.69) is 0 Å². The first kappa shape index (κ1) is 13.5. The lowest BCUT2D eigenvalue weighted by atomic mass is 10.6. The van der Waals surface area contributed by atoms with E-state index in [0.717, 1.165) is 5.69 Å². The summed E-state index contributed by atoms with van der Waals surface area (Å²) >= 11 is 1.34. The average Bonchev–Trinajstić information content (AvgIpc) is 2.36. The van der Waals surface area contributed by atoms with Gasteiger partial charge in [-0.15, -0.1) is 11.3 Å². The van der Waals surface area contributed by atoms with Crippen LogP contribution >= 0.6 is 11.3 Å². The number of carbonyl (C=O) groups is 1. The third-order valence-corrected chi connectivity index (χ3v) is 2.06. The Morgan fingerprint density at radius 3 is 2.13 bits per heavy atom. The topological polar surface area (TPSA) is 92.1 Å². The van der Waals surface area contributed by atoms with E-state index in [1.54, 1.807) is 0 Å². The Hall–Kier alpha value is -1.51. The minimum Gasteiger partial charge on any atom is -0.475 e. The molecule has 0 spiro atoms. The molecule has 1 heterocycles. The molecule has 0 saturated carbocycles. The molecule has 0 fully saturated rings. The van der Waals surface area contributed by atoms with E-state index < -0.39 is 12.1 Å². The van der Waals surface area contributed by atoms with Crippen molar-refractivity contribution in [2.24, 2.45) is 0 Å². The Balaban J connectivity index is 0.000000265. The van der Waals surface area contributed by atoms with E-state index in [1.165, 1.54) is 16.0 Å². The molecule has 15 heavy (non-hydrogen) atoms. The number of hydrogen-bond acceptors (Lipinski definition) is 4. The number of nitrogens with two attached hydrogens (primary N) is 1. The number of carboxylic acids is 1. The SMILES string of the molecule is Cc1csc(=N)n1N.O=C(O)C(F)(F)F. The highest BCUT2D eigenvalue weighted by atomic mass is 32.1. The fraction of sp³-hybridized carbons (Fsp3) is 0.333. The predicted octanol–water partition coefficient (Wildman–Crippen LogP) is 0.685. The predicted molar refractivity (Wildman–Crippen MR) is 46.7 cm³/mol. The maximum atomic E-state index is 10.6. The molecule has 86 valence electrons. The first-order chi connectivity index (χ1) is 6.66. The number of aliphatic carboxylic acids is 1. The van der Waals surface area contributed by atoms with Crippen molar-refractivity contribution < 1.29 is 23.1 Å². The molecule has 0 aliphatic rings. The van der Waals surface area contributed by atoms with Crippen molar-refractivity contribution in [1.82, 2.24) is 4.68 Å². The zero-order valence-electron chi connectivity index (χ0n) is 7.50. The van der Waals surface area contributed by atoms with Gasteiger partial charge in [-0.25, -0.2) is 9.47 Å². The summed E-state index contributed by atoms with van der Waals surface area (Å²) in [7, 11) is 0. The number of halogens is 3. The van der Waals surface area contributed by atoms with Crippen molar-refractivity contribution >= 4 is 17.3 Å². The third kappa shape index (κ3) is 4.49. The standard InChI is InChI=1S/C4H7N3S.C2HF3O2/c1-3-2-8-4(5)7(3)6;3-2(4,5)1(6)7/h2,5H,6H2,1H3;(H,6,7). The largest absolute Gasteiger partial charge is 0.490 e. The first-order valence-electron chi connectivity index (χ1n) is 3.43. The van der Waals surface area contributed by atoms with Crippen LogP contribution in [0.2, 0.25) is 0 Å². The van der Waals surface area contributed by atoms with Gasteiger partial charge in [-0.1, -0.05) is 0 Å². The quantitative estimate of drug-likeness (QED) is 0.585. The van der Waals surface area contributed by atoms with Gasteiger partial charge in [0.05, 0.1) is 0 Å². The van der Waals surface area contributed by atoms with Crippen LogP contribution in [0.25, 0.3) is 0 Å². The zero-order valence-corrected chi connectivity index (χ0v) is 8.32. The van der Waals surface area contributed by atoms with Crippen LogP contribution in [0, 0.1) is 12.3 Å². The van der Waals surface area contributed by atoms with Crippen LogP contribution in [0.3, 0.4) is 0 Å². The van der Waals surface area contributed by atoms with Gasteiger partial charge >= 0.3 is 12.1 Å². The van der Waals surface area contributed by atoms with Crippen molar-refractivity contribution in [3.05, 3.63) is 15.9 Å². The Morgan fingerprint density at radius 2 is 2.07 bits per heavy atom. The van der Waals surface area contributed by atoms with E-state index in [4.69, 9.17) is 21.2 Å². The van der Waals surface area contributed by atoms with Crippen LogP contribution < -0.4 is 10.6 Å². The molecule has 0 aromatic carbocycles. The van der Waals surface area contributed by atoms with Crippen LogP contribution in [-0.2, 0) is 4.79 Å². The maximum absolute atomic E-state index is 10.6. The summed E-state index contributed by atoms with van der Waals surface area (Å²) in [5, 5.41) is 16.1. The molecule has 5 nitrogen and oxygen atoms in total. The Kier molecular flexibility index (Phi) is 4.34. The third-order valence-electron chi connectivity index (χ3n) is 1.18. The number of nitrogens with zero attached hydrogens (tertiary/aromatic N) is 1. The fourth-order valence-corrected chi connectivity index (χ4v) is 1.07. The van der Waals surface area contributed by atoms with Gasteiger partial charge in [-0.3, -0.25) is 5.41 Å². The molecule has 0 aliphatic heterocycles. The monoisotopic (exact) mass is 243 g/mol. The summed E-state index contributed by atoms with van der Waals surface area (Å²) in [6, 6.07) is 0. The molecular weight excluding hydrogens is 235 g/mol. The number of nitrogen functional groups attached to an aromatic ring is 1. The number of hydrogen-bond donors (Lipinski definition) is 3. The smallest absolute Gasteiger partial charge is 0.475 e. The molecule has 1 aromatic rings. The number of aryl methyl sites for hydroxylation is 1. The Bertz CT molecular complexity index is 395. The van der Waals surface area contributed by atoms with Crippen LogP contribution in [0.15, 0.2) is 5.38 Å². The van der Waals surface area contributed by atoms with Gasteiger partial charge in [0.2, 0.25) is 4.80 Å². The second-order valence-electron chi connectivity index (χ2n) is 2.36. The van der Waals surface area contributed by atoms with Crippen LogP contribution in [0.4, 0.5) is 13.2 Å². The zero-order chi connectivity index (χ0) is 12.2. The number of nitrogens with one attached hydrogen (secondary N) is 1. The van der Waals surface area contributed by atoms with Crippen molar-refractivity contribution in [2.75, 3.05) is 5.84 Å². The molecule has 1 aromatic heterocycles. The molecule has 0 atom stereocenters. The molecule has 0 amide bonds. The maximum Gasteiger partial charge on any atom is 0.490 e. The lowest BCUT2D eigenvalue weighted by molar-refractivity contribution is -0.192. The van der Waals surface area contributed by atoms with E-state index in [0.29, 0.717) is 4.80 Å². The normalized spacial score (nSPS) is 10.4. The molecular formula is C6H8F3N3O2S. The van der Waals surface area contributed by atoms with Gasteiger partial charge in [0, 0.05) is 11.1 Å². The second-order valence-corrected chi connectivity index (χ2v) is 3.21. The Labute approximate surface area is 86.0 Å². The molecule has 0 bridgehead atoms. The molecule has 1 rings (SSSR count). The highest BCUT2D eigenvalue weighted by Crippen LogP contribution is 2.13. The highest BCUT2D eigenvalue weighted by molar-refractivity contribution is 7.07.